The van der Waals surface area contributed by atoms with E-state index in [0.717, 1.165) is 4.90 Å². The van der Waals surface area contributed by atoms with Crippen molar-refractivity contribution in [2.45, 2.75) is 0 Å². The van der Waals surface area contributed by atoms with Crippen LogP contribution in [-0.4, -0.2) is 41.0 Å². The Balaban J connectivity index is 2.86. The van der Waals surface area contributed by atoms with Crippen LogP contribution in [0.5, 0.6) is 0 Å². The Bertz CT molecular complexity index is 536. The number of carbonyl (C=O) groups is 3. The second-order valence-electron chi connectivity index (χ2n) is 3.77. The van der Waals surface area contributed by atoms with Crippen LogP contribution in [0.4, 0.5) is 10.5 Å². The Morgan fingerprint density at radius 1 is 1.35 bits per heavy atom. The van der Waals surface area contributed by atoms with Crippen LogP contribution in [0.15, 0.2) is 22.7 Å². The third-order valence-corrected chi connectivity index (χ3v) is 3.06. The summed E-state index contributed by atoms with van der Waals surface area (Å²) in [4.78, 5) is 34.2. The molecule has 0 aliphatic heterocycles. The Kier molecular flexibility index (Phi) is 5.78. The van der Waals surface area contributed by atoms with E-state index in [9.17, 15) is 14.4 Å². The molecule has 108 valence electrons. The SMILES string of the molecule is NC(=O)CN(CC(=O)O)C(=O)Nc1cc(Cl)ccc1Br. The average molecular weight is 365 g/mol. The Hall–Kier alpha value is -1.80. The molecule has 1 aromatic carbocycles. The summed E-state index contributed by atoms with van der Waals surface area (Å²) in [6.07, 6.45) is 0. The normalized spacial score (nSPS) is 9.90. The monoisotopic (exact) mass is 363 g/mol. The maximum Gasteiger partial charge on any atom is 0.323 e. The van der Waals surface area contributed by atoms with Gasteiger partial charge in [-0.1, -0.05) is 11.6 Å². The zero-order chi connectivity index (χ0) is 15.3. The van der Waals surface area contributed by atoms with Crippen molar-refractivity contribution in [1.29, 1.82) is 0 Å². The Morgan fingerprint density at radius 3 is 2.55 bits per heavy atom. The maximum absolute atomic E-state index is 11.9. The van der Waals surface area contributed by atoms with Crippen molar-refractivity contribution in [2.24, 2.45) is 5.73 Å². The van der Waals surface area contributed by atoms with Gasteiger partial charge in [0.1, 0.15) is 13.1 Å². The lowest BCUT2D eigenvalue weighted by Gasteiger charge is -2.20. The average Bonchev–Trinajstić information content (AvgIpc) is 2.31. The number of hydrogen-bond acceptors (Lipinski definition) is 3. The summed E-state index contributed by atoms with van der Waals surface area (Å²) in [5.41, 5.74) is 5.32. The van der Waals surface area contributed by atoms with Gasteiger partial charge < -0.3 is 21.1 Å². The van der Waals surface area contributed by atoms with Gasteiger partial charge in [0.25, 0.3) is 0 Å². The predicted molar refractivity (Wildman–Crippen MR) is 76.6 cm³/mol. The van der Waals surface area contributed by atoms with Gasteiger partial charge in [-0.25, -0.2) is 4.79 Å². The van der Waals surface area contributed by atoms with Crippen LogP contribution in [0.2, 0.25) is 5.02 Å². The van der Waals surface area contributed by atoms with Crippen LogP contribution < -0.4 is 11.1 Å². The largest absolute Gasteiger partial charge is 0.480 e. The molecule has 20 heavy (non-hydrogen) atoms. The van der Waals surface area contributed by atoms with Crippen molar-refractivity contribution in [3.8, 4) is 0 Å². The first-order chi connectivity index (χ1) is 9.29. The summed E-state index contributed by atoms with van der Waals surface area (Å²) in [7, 11) is 0. The van der Waals surface area contributed by atoms with E-state index < -0.39 is 31.0 Å². The van der Waals surface area contributed by atoms with Gasteiger partial charge >= 0.3 is 12.0 Å². The number of carboxylic acid groups (broad SMARTS) is 1. The highest BCUT2D eigenvalue weighted by Crippen LogP contribution is 2.26. The molecular weight excluding hydrogens is 353 g/mol. The number of carbonyl (C=O) groups excluding carboxylic acids is 2. The van der Waals surface area contributed by atoms with E-state index in [0.29, 0.717) is 15.2 Å². The maximum atomic E-state index is 11.9. The molecule has 0 fully saturated rings. The van der Waals surface area contributed by atoms with Crippen molar-refractivity contribution < 1.29 is 19.5 Å². The van der Waals surface area contributed by atoms with Crippen molar-refractivity contribution in [1.82, 2.24) is 4.90 Å². The summed E-state index contributed by atoms with van der Waals surface area (Å²) in [6, 6.07) is 3.94. The number of halogens is 2. The fourth-order valence-corrected chi connectivity index (χ4v) is 1.86. The zero-order valence-corrected chi connectivity index (χ0v) is 12.4. The van der Waals surface area contributed by atoms with Gasteiger partial charge in [0, 0.05) is 9.50 Å². The number of hydrogen-bond donors (Lipinski definition) is 3. The van der Waals surface area contributed by atoms with Gasteiger partial charge in [-0.2, -0.15) is 0 Å². The summed E-state index contributed by atoms with van der Waals surface area (Å²) in [5.74, 6) is -2.07. The highest BCUT2D eigenvalue weighted by molar-refractivity contribution is 9.10. The van der Waals surface area contributed by atoms with Gasteiger partial charge in [-0.05, 0) is 34.1 Å². The third kappa shape index (κ3) is 5.06. The van der Waals surface area contributed by atoms with Gasteiger partial charge in [-0.15, -0.1) is 0 Å². The van der Waals surface area contributed by atoms with Gasteiger partial charge in [-0.3, -0.25) is 9.59 Å². The molecule has 0 aliphatic carbocycles. The molecule has 0 spiro atoms. The predicted octanol–water partition coefficient (Wildman–Crippen LogP) is 1.51. The number of nitrogens with two attached hydrogens (primary N) is 1. The number of nitrogens with one attached hydrogen (secondary N) is 1. The molecule has 9 heteroatoms. The summed E-state index contributed by atoms with van der Waals surface area (Å²) in [5, 5.41) is 11.5. The van der Waals surface area contributed by atoms with E-state index in [2.05, 4.69) is 21.2 Å². The molecule has 0 saturated heterocycles. The topological polar surface area (TPSA) is 113 Å². The molecule has 1 rings (SSSR count). The molecule has 0 unspecified atom stereocenters. The quantitative estimate of drug-likeness (QED) is 0.735. The number of amides is 3. The molecule has 0 atom stereocenters. The number of benzene rings is 1. The van der Waals surface area contributed by atoms with Crippen molar-refractivity contribution in [3.63, 3.8) is 0 Å². The third-order valence-electron chi connectivity index (χ3n) is 2.13. The van der Waals surface area contributed by atoms with Gasteiger partial charge in [0.15, 0.2) is 0 Å². The molecule has 7 nitrogen and oxygen atoms in total. The van der Waals surface area contributed by atoms with Crippen LogP contribution in [0.3, 0.4) is 0 Å². The van der Waals surface area contributed by atoms with E-state index in [4.69, 9.17) is 22.4 Å². The second-order valence-corrected chi connectivity index (χ2v) is 5.06. The van der Waals surface area contributed by atoms with Crippen molar-refractivity contribution >= 4 is 51.1 Å². The molecule has 0 radical (unpaired) electrons. The van der Waals surface area contributed by atoms with Crippen LogP contribution >= 0.6 is 27.5 Å². The summed E-state index contributed by atoms with van der Waals surface area (Å²) < 4.78 is 0.560. The second kappa shape index (κ2) is 7.11. The van der Waals surface area contributed by atoms with Gasteiger partial charge in [0.2, 0.25) is 5.91 Å². The number of rotatable bonds is 5. The first-order valence-electron chi connectivity index (χ1n) is 5.30. The Morgan fingerprint density at radius 2 is 2.00 bits per heavy atom. The molecule has 0 aliphatic rings. The number of primary amides is 1. The molecule has 0 heterocycles. The first-order valence-corrected chi connectivity index (χ1v) is 6.47. The highest BCUT2D eigenvalue weighted by atomic mass is 79.9. The summed E-state index contributed by atoms with van der Waals surface area (Å²) >= 11 is 9.00. The Labute approximate surface area is 127 Å². The first kappa shape index (κ1) is 16.3. The van der Waals surface area contributed by atoms with E-state index in [1.54, 1.807) is 12.1 Å². The molecular formula is C11H11BrClN3O4. The number of aliphatic carboxylic acids is 1. The molecule has 0 aromatic heterocycles. The lowest BCUT2D eigenvalue weighted by molar-refractivity contribution is -0.137. The van der Waals surface area contributed by atoms with Crippen LogP contribution in [-0.2, 0) is 9.59 Å². The molecule has 0 saturated carbocycles. The minimum Gasteiger partial charge on any atom is -0.480 e. The van der Waals surface area contributed by atoms with Crippen LogP contribution in [0.1, 0.15) is 0 Å². The molecule has 4 N–H and O–H groups in total. The molecule has 3 amide bonds. The number of carboxylic acids is 1. The van der Waals surface area contributed by atoms with Crippen LogP contribution in [0, 0.1) is 0 Å². The minimum atomic E-state index is -1.26. The van der Waals surface area contributed by atoms with Crippen molar-refractivity contribution in [2.75, 3.05) is 18.4 Å². The number of nitrogens with zero attached hydrogens (tertiary/aromatic N) is 1. The van der Waals surface area contributed by atoms with Gasteiger partial charge in [0.05, 0.1) is 5.69 Å². The number of urea groups is 1. The molecule has 0 bridgehead atoms. The lowest BCUT2D eigenvalue weighted by Crippen LogP contribution is -2.43. The standard InChI is InChI=1S/C11H11BrClN3O4/c12-7-2-1-6(13)3-8(7)15-11(20)16(4-9(14)17)5-10(18)19/h1-3H,4-5H2,(H2,14,17)(H,15,20)(H,18,19). The fraction of sp³-hybridized carbons (Fsp3) is 0.182. The molecule has 1 aromatic rings. The number of anilines is 1. The van der Waals surface area contributed by atoms with E-state index in [1.165, 1.54) is 6.07 Å². The smallest absolute Gasteiger partial charge is 0.323 e. The highest BCUT2D eigenvalue weighted by Gasteiger charge is 2.19. The van der Waals surface area contributed by atoms with E-state index >= 15 is 0 Å². The minimum absolute atomic E-state index is 0.349. The summed E-state index contributed by atoms with van der Waals surface area (Å²) in [6.45, 7) is -1.15. The van der Waals surface area contributed by atoms with E-state index in [-0.39, 0.29) is 0 Å². The van der Waals surface area contributed by atoms with Crippen LogP contribution in [0.25, 0.3) is 0 Å². The lowest BCUT2D eigenvalue weighted by atomic mass is 10.3. The fourth-order valence-electron chi connectivity index (χ4n) is 1.34. The zero-order valence-electron chi connectivity index (χ0n) is 10.1. The van der Waals surface area contributed by atoms with Crippen molar-refractivity contribution in [3.05, 3.63) is 27.7 Å². The van der Waals surface area contributed by atoms with E-state index in [1.807, 2.05) is 0 Å².